The first-order valence-corrected chi connectivity index (χ1v) is 10.0. The summed E-state index contributed by atoms with van der Waals surface area (Å²) in [6.07, 6.45) is 0. The van der Waals surface area contributed by atoms with E-state index in [1.807, 2.05) is 0 Å². The number of hydrogen-bond acceptors (Lipinski definition) is 6. The molecule has 9 nitrogen and oxygen atoms in total. The fourth-order valence-corrected chi connectivity index (χ4v) is 3.77. The Kier molecular flexibility index (Phi) is 5.91. The van der Waals surface area contributed by atoms with Gasteiger partial charge in [0.25, 0.3) is 0 Å². The van der Waals surface area contributed by atoms with Gasteiger partial charge in [-0.15, -0.1) is 0 Å². The van der Waals surface area contributed by atoms with E-state index in [0.29, 0.717) is 39.0 Å². The van der Waals surface area contributed by atoms with E-state index < -0.39 is 23.9 Å². The molecule has 4 rings (SSSR count). The molecule has 0 saturated heterocycles. The molecule has 0 bridgehead atoms. The molecule has 10 heteroatoms. The van der Waals surface area contributed by atoms with Crippen LogP contribution in [-0.2, 0) is 14.3 Å². The zero-order valence-corrected chi connectivity index (χ0v) is 18.1. The molecule has 166 valence electrons. The number of halogens is 1. The molecule has 0 unspecified atom stereocenters. The Labute approximate surface area is 188 Å². The fourth-order valence-electron chi connectivity index (χ4n) is 3.64. The van der Waals surface area contributed by atoms with Crippen LogP contribution in [0, 0.1) is 0 Å². The molecule has 32 heavy (non-hydrogen) atoms. The summed E-state index contributed by atoms with van der Waals surface area (Å²) >= 11 is 5.94. The molecule has 0 aromatic heterocycles. The van der Waals surface area contributed by atoms with E-state index in [9.17, 15) is 14.4 Å². The number of methoxy groups -OCH3 is 2. The summed E-state index contributed by atoms with van der Waals surface area (Å²) in [5, 5.41) is 6.03. The molecular weight excluding hydrogens is 438 g/mol. The van der Waals surface area contributed by atoms with Gasteiger partial charge in [0.15, 0.2) is 11.5 Å². The minimum absolute atomic E-state index is 0.0880. The summed E-state index contributed by atoms with van der Waals surface area (Å²) < 4.78 is 15.6. The van der Waals surface area contributed by atoms with Crippen LogP contribution in [0.3, 0.4) is 0 Å². The van der Waals surface area contributed by atoms with E-state index in [4.69, 9.17) is 25.8 Å². The number of cyclic esters (lactones) is 1. The Bertz CT molecular complexity index is 1120. The third-order valence-corrected chi connectivity index (χ3v) is 5.42. The van der Waals surface area contributed by atoms with E-state index >= 15 is 0 Å². The highest BCUT2D eigenvalue weighted by Crippen LogP contribution is 2.35. The predicted molar refractivity (Wildman–Crippen MR) is 116 cm³/mol. The quantitative estimate of drug-likeness (QED) is 0.646. The number of rotatable bonds is 6. The highest BCUT2D eigenvalue weighted by Gasteiger charge is 2.42. The van der Waals surface area contributed by atoms with Gasteiger partial charge in [-0.25, -0.2) is 9.59 Å². The van der Waals surface area contributed by atoms with E-state index in [2.05, 4.69) is 10.6 Å². The second kappa shape index (κ2) is 8.80. The van der Waals surface area contributed by atoms with E-state index in [-0.39, 0.29) is 13.2 Å². The third-order valence-electron chi connectivity index (χ3n) is 5.17. The number of benzene rings is 2. The maximum Gasteiger partial charge on any atom is 0.338 e. The van der Waals surface area contributed by atoms with Crippen molar-refractivity contribution in [1.29, 1.82) is 0 Å². The number of urea groups is 1. The molecule has 0 radical (unpaired) electrons. The molecule has 2 aromatic carbocycles. The third kappa shape index (κ3) is 4.06. The lowest BCUT2D eigenvalue weighted by atomic mass is 9.96. The molecule has 1 atom stereocenters. The summed E-state index contributed by atoms with van der Waals surface area (Å²) in [7, 11) is 3.00. The van der Waals surface area contributed by atoms with Crippen LogP contribution in [0.4, 0.5) is 10.5 Å². The maximum absolute atomic E-state index is 12.8. The summed E-state index contributed by atoms with van der Waals surface area (Å²) in [4.78, 5) is 39.1. The summed E-state index contributed by atoms with van der Waals surface area (Å²) in [6.45, 7) is -0.391. The summed E-state index contributed by atoms with van der Waals surface area (Å²) in [6, 6.07) is 10.5. The lowest BCUT2D eigenvalue weighted by Crippen LogP contribution is -2.49. The van der Waals surface area contributed by atoms with E-state index in [1.165, 1.54) is 19.1 Å². The van der Waals surface area contributed by atoms with Gasteiger partial charge >= 0.3 is 12.0 Å². The zero-order chi connectivity index (χ0) is 22.8. The van der Waals surface area contributed by atoms with Gasteiger partial charge < -0.3 is 24.8 Å². The largest absolute Gasteiger partial charge is 0.493 e. The smallest absolute Gasteiger partial charge is 0.338 e. The molecular formula is C22H20ClN3O6. The highest BCUT2D eigenvalue weighted by molar-refractivity contribution is 6.30. The van der Waals surface area contributed by atoms with Gasteiger partial charge in [-0.2, -0.15) is 0 Å². The number of anilines is 1. The van der Waals surface area contributed by atoms with Crippen LogP contribution < -0.4 is 20.1 Å². The van der Waals surface area contributed by atoms with Crippen LogP contribution >= 0.6 is 11.6 Å². The number of esters is 1. The van der Waals surface area contributed by atoms with Gasteiger partial charge in [0, 0.05) is 16.8 Å². The van der Waals surface area contributed by atoms with Crippen LogP contribution in [0.25, 0.3) is 0 Å². The molecule has 3 amide bonds. The molecule has 0 spiro atoms. The number of nitrogens with one attached hydrogen (secondary N) is 2. The summed E-state index contributed by atoms with van der Waals surface area (Å²) in [5.74, 6) is -0.0223. The maximum atomic E-state index is 12.8. The van der Waals surface area contributed by atoms with Crippen LogP contribution in [0.1, 0.15) is 11.6 Å². The number of ether oxygens (including phenoxy) is 3. The van der Waals surface area contributed by atoms with Crippen molar-refractivity contribution in [2.45, 2.75) is 6.04 Å². The van der Waals surface area contributed by atoms with Crippen LogP contribution in [0.5, 0.6) is 11.5 Å². The Morgan fingerprint density at radius 3 is 2.56 bits per heavy atom. The number of carbonyl (C=O) groups is 3. The van der Waals surface area contributed by atoms with Gasteiger partial charge in [-0.1, -0.05) is 23.7 Å². The Hall–Kier alpha value is -3.72. The Morgan fingerprint density at radius 1 is 1.16 bits per heavy atom. The topological polar surface area (TPSA) is 106 Å². The van der Waals surface area contributed by atoms with Crippen LogP contribution in [0.2, 0.25) is 5.02 Å². The van der Waals surface area contributed by atoms with Crippen molar-refractivity contribution in [2.24, 2.45) is 0 Å². The zero-order valence-electron chi connectivity index (χ0n) is 17.3. The number of carbonyl (C=O) groups excluding carboxylic acids is 3. The first-order chi connectivity index (χ1) is 15.4. The number of nitrogens with zero attached hydrogens (tertiary/aromatic N) is 1. The molecule has 2 aliphatic rings. The van der Waals surface area contributed by atoms with Gasteiger partial charge in [-0.05, 0) is 29.8 Å². The normalized spacial score (nSPS) is 17.5. The minimum atomic E-state index is -0.685. The minimum Gasteiger partial charge on any atom is -0.493 e. The summed E-state index contributed by atoms with van der Waals surface area (Å²) in [5.41, 5.74) is 1.81. The molecule has 2 heterocycles. The standard InChI is InChI=1S/C22H20ClN3O6/c1-30-16-8-7-14(9-17(16)31-2)24-18(27)10-26-15-11-32-21(28)19(15)20(25-22(26)29)12-3-5-13(23)6-4-12/h3-9,20H,10-11H2,1-2H3,(H,24,27)(H,25,29)/t20-/m1/s1. The van der Waals surface area contributed by atoms with Crippen molar-refractivity contribution in [3.8, 4) is 11.5 Å². The SMILES string of the molecule is COc1ccc(NC(=O)CN2C(=O)N[C@H](c3ccc(Cl)cc3)C3=C2COC3=O)cc1OC. The van der Waals surface area contributed by atoms with Crippen molar-refractivity contribution in [2.75, 3.05) is 32.7 Å². The molecule has 2 aliphatic heterocycles. The van der Waals surface area contributed by atoms with E-state index in [0.717, 1.165) is 0 Å². The fraction of sp³-hybridized carbons (Fsp3) is 0.227. The lowest BCUT2D eigenvalue weighted by molar-refractivity contribution is -0.136. The average molecular weight is 458 g/mol. The predicted octanol–water partition coefficient (Wildman–Crippen LogP) is 2.87. The monoisotopic (exact) mass is 457 g/mol. The van der Waals surface area contributed by atoms with Crippen LogP contribution in [0.15, 0.2) is 53.7 Å². The lowest BCUT2D eigenvalue weighted by Gasteiger charge is -2.32. The second-order valence-corrected chi connectivity index (χ2v) is 7.51. The van der Waals surface area contributed by atoms with Crippen molar-refractivity contribution >= 4 is 35.2 Å². The second-order valence-electron chi connectivity index (χ2n) is 7.07. The molecule has 0 saturated carbocycles. The van der Waals surface area contributed by atoms with Gasteiger partial charge in [0.2, 0.25) is 5.91 Å². The van der Waals surface area contributed by atoms with Crippen molar-refractivity contribution in [1.82, 2.24) is 10.2 Å². The number of hydrogen-bond donors (Lipinski definition) is 2. The van der Waals surface area contributed by atoms with Crippen molar-refractivity contribution in [3.05, 3.63) is 64.3 Å². The molecule has 2 aromatic rings. The Balaban J connectivity index is 1.55. The highest BCUT2D eigenvalue weighted by atomic mass is 35.5. The van der Waals surface area contributed by atoms with Crippen LogP contribution in [-0.4, -0.2) is 50.2 Å². The van der Waals surface area contributed by atoms with Gasteiger partial charge in [0.1, 0.15) is 13.2 Å². The van der Waals surface area contributed by atoms with Gasteiger partial charge in [0.05, 0.1) is 31.5 Å². The van der Waals surface area contributed by atoms with E-state index in [1.54, 1.807) is 42.5 Å². The first-order valence-electron chi connectivity index (χ1n) is 9.66. The van der Waals surface area contributed by atoms with Crippen molar-refractivity contribution < 1.29 is 28.6 Å². The molecule has 0 fully saturated rings. The Morgan fingerprint density at radius 2 is 1.88 bits per heavy atom. The average Bonchev–Trinajstić information content (AvgIpc) is 3.17. The molecule has 2 N–H and O–H groups in total. The van der Waals surface area contributed by atoms with Gasteiger partial charge in [-0.3, -0.25) is 9.69 Å². The first kappa shape index (κ1) is 21.5. The van der Waals surface area contributed by atoms with Crippen molar-refractivity contribution in [3.63, 3.8) is 0 Å². The molecule has 0 aliphatic carbocycles. The number of amides is 3.